The van der Waals surface area contributed by atoms with Gasteiger partial charge >= 0.3 is 11.9 Å². The molecule has 86 valence electrons. The number of hydrogen-bond acceptors (Lipinski definition) is 4. The molecule has 0 atom stereocenters. The molecule has 1 heterocycles. The van der Waals surface area contributed by atoms with Crippen LogP contribution in [0.3, 0.4) is 0 Å². The highest BCUT2D eigenvalue weighted by molar-refractivity contribution is 5.98. The Balaban J connectivity index is 0.000000319. The molecule has 2 N–H and O–H groups in total. The van der Waals surface area contributed by atoms with Crippen LogP contribution >= 0.6 is 0 Å². The van der Waals surface area contributed by atoms with E-state index in [9.17, 15) is 9.59 Å². The molecular formula is C9H14O6. The quantitative estimate of drug-likeness (QED) is 0.407. The van der Waals surface area contributed by atoms with Crippen LogP contribution < -0.4 is 0 Å². The van der Waals surface area contributed by atoms with Gasteiger partial charge in [-0.25, -0.2) is 9.78 Å². The van der Waals surface area contributed by atoms with Gasteiger partial charge in [0.1, 0.15) is 0 Å². The Morgan fingerprint density at radius 2 is 1.33 bits per heavy atom. The van der Waals surface area contributed by atoms with Crippen molar-refractivity contribution in [3.8, 4) is 0 Å². The minimum atomic E-state index is -1.49. The molecule has 0 radical (unpaired) electrons. The third-order valence-corrected chi connectivity index (χ3v) is 2.64. The van der Waals surface area contributed by atoms with Crippen molar-refractivity contribution in [2.45, 2.75) is 32.1 Å². The van der Waals surface area contributed by atoms with Crippen LogP contribution in [0, 0.1) is 5.41 Å². The topological polar surface area (TPSA) is 99.7 Å². The molecule has 6 heteroatoms. The van der Waals surface area contributed by atoms with E-state index >= 15 is 0 Å². The molecule has 2 aliphatic rings. The summed E-state index contributed by atoms with van der Waals surface area (Å²) in [5, 5.41) is 17.6. The molecule has 1 saturated heterocycles. The number of carboxylic acid groups (broad SMARTS) is 2. The zero-order chi connectivity index (χ0) is 11.3. The molecule has 0 aromatic rings. The van der Waals surface area contributed by atoms with Gasteiger partial charge in [-0.2, -0.15) is 0 Å². The van der Waals surface area contributed by atoms with E-state index in [-0.39, 0.29) is 12.8 Å². The number of aliphatic carboxylic acids is 2. The van der Waals surface area contributed by atoms with Gasteiger partial charge < -0.3 is 10.2 Å². The fraction of sp³-hybridized carbons (Fsp3) is 0.778. The molecule has 1 aliphatic heterocycles. The van der Waals surface area contributed by atoms with Crippen LogP contribution in [0.4, 0.5) is 0 Å². The van der Waals surface area contributed by atoms with Gasteiger partial charge in [-0.3, -0.25) is 9.59 Å². The molecule has 0 spiro atoms. The zero-order valence-electron chi connectivity index (χ0n) is 8.27. The molecule has 0 amide bonds. The van der Waals surface area contributed by atoms with Crippen molar-refractivity contribution in [2.24, 2.45) is 5.41 Å². The maximum Gasteiger partial charge on any atom is 0.321 e. The van der Waals surface area contributed by atoms with Crippen molar-refractivity contribution in [3.05, 3.63) is 0 Å². The van der Waals surface area contributed by atoms with E-state index in [1.807, 2.05) is 0 Å². The highest BCUT2D eigenvalue weighted by Crippen LogP contribution is 2.36. The number of carboxylic acids is 2. The van der Waals surface area contributed by atoms with E-state index in [4.69, 9.17) is 10.2 Å². The van der Waals surface area contributed by atoms with Crippen LogP contribution in [0.2, 0.25) is 0 Å². The molecular weight excluding hydrogens is 204 g/mol. The Morgan fingerprint density at radius 1 is 0.933 bits per heavy atom. The van der Waals surface area contributed by atoms with Crippen LogP contribution in [0.5, 0.6) is 0 Å². The molecule has 1 aliphatic carbocycles. The fourth-order valence-electron chi connectivity index (χ4n) is 1.67. The summed E-state index contributed by atoms with van der Waals surface area (Å²) in [6.07, 6.45) is 2.91. The maximum atomic E-state index is 10.7. The molecule has 2 fully saturated rings. The van der Waals surface area contributed by atoms with E-state index in [0.29, 0.717) is 19.6 Å². The summed E-state index contributed by atoms with van der Waals surface area (Å²) in [6, 6.07) is 0. The Morgan fingerprint density at radius 3 is 1.53 bits per heavy atom. The van der Waals surface area contributed by atoms with Crippen LogP contribution in [0.15, 0.2) is 0 Å². The lowest BCUT2D eigenvalue weighted by atomic mass is 9.74. The maximum absolute atomic E-state index is 10.7. The lowest BCUT2D eigenvalue weighted by Crippen LogP contribution is -2.40. The summed E-state index contributed by atoms with van der Waals surface area (Å²) >= 11 is 0. The van der Waals surface area contributed by atoms with Gasteiger partial charge in [0.25, 0.3) is 0 Å². The Labute approximate surface area is 86.7 Å². The molecule has 1 saturated carbocycles. The summed E-state index contributed by atoms with van der Waals surface area (Å²) in [4.78, 5) is 29.5. The second-order valence-corrected chi connectivity index (χ2v) is 3.61. The second kappa shape index (κ2) is 5.09. The predicted molar refractivity (Wildman–Crippen MR) is 47.8 cm³/mol. The standard InChI is InChI=1S/C8H12O4.CH2O2/c9-6(10)8(7(11)12)4-2-1-3-5-8;1-2-3-1/h1-5H2,(H,9,10)(H,11,12);1H2. The minimum Gasteiger partial charge on any atom is -0.480 e. The van der Waals surface area contributed by atoms with E-state index in [0.717, 1.165) is 6.42 Å². The van der Waals surface area contributed by atoms with Crippen molar-refractivity contribution in [1.82, 2.24) is 0 Å². The predicted octanol–water partition coefficient (Wildman–Crippen LogP) is 1.01. The van der Waals surface area contributed by atoms with Gasteiger partial charge in [0, 0.05) is 0 Å². The smallest absolute Gasteiger partial charge is 0.321 e. The van der Waals surface area contributed by atoms with Crippen molar-refractivity contribution in [1.29, 1.82) is 0 Å². The second-order valence-electron chi connectivity index (χ2n) is 3.61. The van der Waals surface area contributed by atoms with Crippen LogP contribution in [0.1, 0.15) is 32.1 Å². The Hall–Kier alpha value is -1.14. The molecule has 6 nitrogen and oxygen atoms in total. The monoisotopic (exact) mass is 218 g/mol. The summed E-state index contributed by atoms with van der Waals surface area (Å²) in [7, 11) is 0. The lowest BCUT2D eigenvalue weighted by molar-refractivity contribution is -0.167. The highest BCUT2D eigenvalue weighted by Gasteiger charge is 2.46. The molecule has 2 rings (SSSR count). The van der Waals surface area contributed by atoms with Crippen molar-refractivity contribution >= 4 is 11.9 Å². The minimum absolute atomic E-state index is 0.275. The van der Waals surface area contributed by atoms with E-state index in [2.05, 4.69) is 9.78 Å². The third-order valence-electron chi connectivity index (χ3n) is 2.64. The van der Waals surface area contributed by atoms with Gasteiger partial charge in [-0.15, -0.1) is 0 Å². The lowest BCUT2D eigenvalue weighted by Gasteiger charge is -2.28. The van der Waals surface area contributed by atoms with Gasteiger partial charge in [0.15, 0.2) is 5.41 Å². The Kier molecular flexibility index (Phi) is 4.05. The normalized spacial score (nSPS) is 22.1. The van der Waals surface area contributed by atoms with Gasteiger partial charge in [-0.05, 0) is 12.8 Å². The first kappa shape index (κ1) is 11.9. The highest BCUT2D eigenvalue weighted by atomic mass is 17.4. The van der Waals surface area contributed by atoms with Gasteiger partial charge in [0.2, 0.25) is 6.79 Å². The van der Waals surface area contributed by atoms with Crippen molar-refractivity contribution < 1.29 is 29.6 Å². The zero-order valence-corrected chi connectivity index (χ0v) is 8.27. The first-order valence-electron chi connectivity index (χ1n) is 4.81. The largest absolute Gasteiger partial charge is 0.480 e. The van der Waals surface area contributed by atoms with Crippen molar-refractivity contribution in [3.63, 3.8) is 0 Å². The van der Waals surface area contributed by atoms with Gasteiger partial charge in [-0.1, -0.05) is 19.3 Å². The molecule has 0 aromatic carbocycles. The SMILES string of the molecule is C1OO1.O=C(O)C1(C(=O)O)CCCCC1. The molecule has 0 aromatic heterocycles. The number of carbonyl (C=O) groups is 2. The van der Waals surface area contributed by atoms with E-state index < -0.39 is 17.4 Å². The van der Waals surface area contributed by atoms with Crippen LogP contribution in [-0.4, -0.2) is 28.9 Å². The molecule has 15 heavy (non-hydrogen) atoms. The number of hydrogen-bond donors (Lipinski definition) is 2. The van der Waals surface area contributed by atoms with Crippen LogP contribution in [-0.2, 0) is 19.4 Å². The third kappa shape index (κ3) is 3.17. The average Bonchev–Trinajstić information content (AvgIpc) is 3.05. The van der Waals surface area contributed by atoms with E-state index in [1.165, 1.54) is 0 Å². The molecule has 0 bridgehead atoms. The van der Waals surface area contributed by atoms with Gasteiger partial charge in [0.05, 0.1) is 0 Å². The first-order chi connectivity index (χ1) is 7.09. The number of rotatable bonds is 2. The summed E-state index contributed by atoms with van der Waals surface area (Å²) in [5.74, 6) is -2.37. The average molecular weight is 218 g/mol. The van der Waals surface area contributed by atoms with Crippen LogP contribution in [0.25, 0.3) is 0 Å². The summed E-state index contributed by atoms with van der Waals surface area (Å²) in [5.41, 5.74) is -1.49. The molecule has 0 unspecified atom stereocenters. The first-order valence-corrected chi connectivity index (χ1v) is 4.81. The van der Waals surface area contributed by atoms with Crippen molar-refractivity contribution in [2.75, 3.05) is 6.79 Å². The van der Waals surface area contributed by atoms with E-state index in [1.54, 1.807) is 0 Å². The fourth-order valence-corrected chi connectivity index (χ4v) is 1.67. The summed E-state index contributed by atoms with van der Waals surface area (Å²) < 4.78 is 0. The Bertz CT molecular complexity index is 222. The summed E-state index contributed by atoms with van der Waals surface area (Å²) in [6.45, 7) is 0.500.